The van der Waals surface area contributed by atoms with Gasteiger partial charge in [0.25, 0.3) is 0 Å². The van der Waals surface area contributed by atoms with Crippen molar-refractivity contribution in [1.82, 2.24) is 15.2 Å². The number of esters is 1. The van der Waals surface area contributed by atoms with Crippen LogP contribution in [0.2, 0.25) is 0 Å². The van der Waals surface area contributed by atoms with Gasteiger partial charge < -0.3 is 4.74 Å². The third kappa shape index (κ3) is 3.74. The molecule has 0 radical (unpaired) electrons. The van der Waals surface area contributed by atoms with E-state index in [0.29, 0.717) is 11.6 Å². The lowest BCUT2D eigenvalue weighted by atomic mass is 10.2. The Morgan fingerprint density at radius 3 is 2.73 bits per heavy atom. The molecule has 0 saturated carbocycles. The zero-order chi connectivity index (χ0) is 16.3. The lowest BCUT2D eigenvalue weighted by Crippen LogP contribution is -2.09. The first-order valence-electron chi connectivity index (χ1n) is 7.64. The van der Waals surface area contributed by atoms with Crippen LogP contribution in [0.15, 0.2) is 6.07 Å². The average molecular weight is 321 g/mol. The molecule has 1 atom stereocenters. The summed E-state index contributed by atoms with van der Waals surface area (Å²) in [6, 6.07) is 1.76. The molecule has 1 unspecified atom stereocenters. The molecular formula is C16H23N3O2S. The van der Waals surface area contributed by atoms with Crippen molar-refractivity contribution < 1.29 is 9.53 Å². The number of nitrogens with one attached hydrogen (secondary N) is 1. The number of carbonyl (C=O) groups excluding carboxylic acids is 1. The molecule has 0 fully saturated rings. The van der Waals surface area contributed by atoms with E-state index in [0.717, 1.165) is 34.1 Å². The summed E-state index contributed by atoms with van der Waals surface area (Å²) < 4.78 is 5.54. The van der Waals surface area contributed by atoms with Crippen molar-refractivity contribution in [3.63, 3.8) is 0 Å². The van der Waals surface area contributed by atoms with Crippen molar-refractivity contribution in [3.05, 3.63) is 33.0 Å². The highest BCUT2D eigenvalue weighted by molar-refractivity contribution is 7.11. The molecule has 0 aliphatic carbocycles. The highest BCUT2D eigenvalue weighted by Gasteiger charge is 2.21. The van der Waals surface area contributed by atoms with Crippen LogP contribution in [0.4, 0.5) is 0 Å². The maximum Gasteiger partial charge on any atom is 0.359 e. The van der Waals surface area contributed by atoms with E-state index in [4.69, 9.17) is 4.74 Å². The molecule has 2 rings (SSSR count). The van der Waals surface area contributed by atoms with Crippen molar-refractivity contribution in [3.8, 4) is 0 Å². The molecule has 0 saturated heterocycles. The molecule has 2 aromatic rings. The number of aromatic nitrogens is 3. The number of ether oxygens (including phenoxy) is 1. The van der Waals surface area contributed by atoms with E-state index in [9.17, 15) is 4.79 Å². The summed E-state index contributed by atoms with van der Waals surface area (Å²) in [6.07, 6.45) is 1.57. The largest absolute Gasteiger partial charge is 0.452 e. The molecule has 120 valence electrons. The lowest BCUT2D eigenvalue weighted by Gasteiger charge is -2.10. The highest BCUT2D eigenvalue weighted by atomic mass is 32.1. The summed E-state index contributed by atoms with van der Waals surface area (Å²) in [7, 11) is 0. The fourth-order valence-electron chi connectivity index (χ4n) is 2.19. The van der Waals surface area contributed by atoms with Crippen molar-refractivity contribution in [2.45, 2.75) is 59.5 Å². The number of aromatic amines is 1. The molecule has 0 amide bonds. The predicted molar refractivity (Wildman–Crippen MR) is 87.4 cm³/mol. The summed E-state index contributed by atoms with van der Waals surface area (Å²) in [5, 5.41) is 7.97. The molecule has 0 bridgehead atoms. The number of nitrogens with zero attached hydrogens (tertiary/aromatic N) is 2. The van der Waals surface area contributed by atoms with Crippen molar-refractivity contribution >= 4 is 17.3 Å². The molecular weight excluding hydrogens is 298 g/mol. The first kappa shape index (κ1) is 16.7. The first-order valence-corrected chi connectivity index (χ1v) is 8.46. The zero-order valence-electron chi connectivity index (χ0n) is 13.8. The number of hydrogen-bond donors (Lipinski definition) is 1. The van der Waals surface area contributed by atoms with Gasteiger partial charge in [0.1, 0.15) is 6.10 Å². The predicted octanol–water partition coefficient (Wildman–Crippen LogP) is 4.17. The van der Waals surface area contributed by atoms with Gasteiger partial charge in [-0.25, -0.2) is 9.78 Å². The molecule has 22 heavy (non-hydrogen) atoms. The minimum atomic E-state index is -0.398. The molecule has 0 spiro atoms. The Hall–Kier alpha value is -1.69. The smallest absolute Gasteiger partial charge is 0.359 e. The Balaban J connectivity index is 2.07. The number of rotatable bonds is 6. The fourth-order valence-corrected chi connectivity index (χ4v) is 3.24. The molecule has 5 nitrogen and oxygen atoms in total. The number of hydrogen-bond acceptors (Lipinski definition) is 5. The molecule has 2 aromatic heterocycles. The van der Waals surface area contributed by atoms with Crippen LogP contribution in [-0.2, 0) is 11.2 Å². The summed E-state index contributed by atoms with van der Waals surface area (Å²) >= 11 is 1.61. The average Bonchev–Trinajstić information content (AvgIpc) is 3.06. The Morgan fingerprint density at radius 2 is 2.14 bits per heavy atom. The summed E-state index contributed by atoms with van der Waals surface area (Å²) in [6.45, 7) is 10.1. The Morgan fingerprint density at radius 1 is 1.41 bits per heavy atom. The highest BCUT2D eigenvalue weighted by Crippen LogP contribution is 2.31. The summed E-state index contributed by atoms with van der Waals surface area (Å²) in [4.78, 5) is 17.7. The number of aryl methyl sites for hydroxylation is 2. The maximum atomic E-state index is 12.2. The van der Waals surface area contributed by atoms with Gasteiger partial charge in [0.15, 0.2) is 5.69 Å². The molecule has 0 aliphatic heterocycles. The topological polar surface area (TPSA) is 67.9 Å². The van der Waals surface area contributed by atoms with E-state index >= 15 is 0 Å². The Bertz CT molecular complexity index is 646. The van der Waals surface area contributed by atoms with Crippen molar-refractivity contribution in [2.75, 3.05) is 0 Å². The van der Waals surface area contributed by atoms with E-state index in [-0.39, 0.29) is 6.10 Å². The Kier molecular flexibility index (Phi) is 5.34. The van der Waals surface area contributed by atoms with Crippen LogP contribution >= 0.6 is 11.3 Å². The maximum absolute atomic E-state index is 12.2. The second kappa shape index (κ2) is 7.05. The second-order valence-corrected chi connectivity index (χ2v) is 6.79. The van der Waals surface area contributed by atoms with Gasteiger partial charge >= 0.3 is 5.97 Å². The zero-order valence-corrected chi connectivity index (χ0v) is 14.6. The summed E-state index contributed by atoms with van der Waals surface area (Å²) in [5.41, 5.74) is 2.22. The minimum absolute atomic E-state index is 0.316. The van der Waals surface area contributed by atoms with Crippen LogP contribution in [0.1, 0.15) is 77.9 Å². The molecule has 1 N–H and O–H groups in total. The number of carbonyl (C=O) groups is 1. The normalized spacial score (nSPS) is 12.6. The second-order valence-electron chi connectivity index (χ2n) is 5.73. The van der Waals surface area contributed by atoms with E-state index in [1.807, 2.05) is 13.8 Å². The van der Waals surface area contributed by atoms with Gasteiger partial charge in [-0.3, -0.25) is 5.10 Å². The van der Waals surface area contributed by atoms with Gasteiger partial charge in [0.05, 0.1) is 15.6 Å². The molecule has 0 aromatic carbocycles. The van der Waals surface area contributed by atoms with Gasteiger partial charge in [-0.05, 0) is 26.3 Å². The monoisotopic (exact) mass is 321 g/mol. The lowest BCUT2D eigenvalue weighted by molar-refractivity contribution is 0.0336. The summed E-state index contributed by atoms with van der Waals surface area (Å²) in [5.74, 6) is -0.0201. The van der Waals surface area contributed by atoms with E-state index in [1.54, 1.807) is 17.4 Å². The quantitative estimate of drug-likeness (QED) is 0.811. The van der Waals surface area contributed by atoms with Gasteiger partial charge in [0.2, 0.25) is 0 Å². The molecule has 6 heteroatoms. The first-order chi connectivity index (χ1) is 10.4. The van der Waals surface area contributed by atoms with E-state index < -0.39 is 5.97 Å². The van der Waals surface area contributed by atoms with Gasteiger partial charge in [0, 0.05) is 11.6 Å². The van der Waals surface area contributed by atoms with Gasteiger partial charge in [-0.1, -0.05) is 27.2 Å². The third-order valence-corrected chi connectivity index (χ3v) is 4.97. The van der Waals surface area contributed by atoms with Gasteiger partial charge in [-0.2, -0.15) is 5.10 Å². The standard InChI is InChI=1S/C16H23N3O2S/c1-6-7-12-8-13(19-18-12)16(20)21-11(5)14-10(4)17-15(22-14)9(2)3/h8-9,11H,6-7H2,1-5H3,(H,18,19). The third-order valence-electron chi connectivity index (χ3n) is 3.36. The Labute approximate surface area is 135 Å². The molecule has 2 heterocycles. The van der Waals surface area contributed by atoms with Crippen LogP contribution in [0.3, 0.4) is 0 Å². The SMILES string of the molecule is CCCc1cc(C(=O)OC(C)c2sc(C(C)C)nc2C)n[nH]1. The number of H-pyrrole nitrogens is 1. The van der Waals surface area contributed by atoms with Crippen LogP contribution in [-0.4, -0.2) is 21.2 Å². The van der Waals surface area contributed by atoms with Crippen LogP contribution in [0, 0.1) is 6.92 Å². The minimum Gasteiger partial charge on any atom is -0.452 e. The van der Waals surface area contributed by atoms with Gasteiger partial charge in [-0.15, -0.1) is 11.3 Å². The van der Waals surface area contributed by atoms with Crippen LogP contribution < -0.4 is 0 Å². The van der Waals surface area contributed by atoms with Crippen molar-refractivity contribution in [1.29, 1.82) is 0 Å². The van der Waals surface area contributed by atoms with Crippen LogP contribution in [0.25, 0.3) is 0 Å². The number of thiazole rings is 1. The van der Waals surface area contributed by atoms with Crippen LogP contribution in [0.5, 0.6) is 0 Å². The fraction of sp³-hybridized carbons (Fsp3) is 0.562. The van der Waals surface area contributed by atoms with E-state index in [1.165, 1.54) is 0 Å². The molecule has 0 aliphatic rings. The van der Waals surface area contributed by atoms with Crippen molar-refractivity contribution in [2.24, 2.45) is 0 Å². The van der Waals surface area contributed by atoms with E-state index in [2.05, 4.69) is 36.0 Å².